The molecule has 0 aliphatic carbocycles. The van der Waals surface area contributed by atoms with E-state index in [0.29, 0.717) is 23.8 Å². The van der Waals surface area contributed by atoms with Crippen LogP contribution in [0.25, 0.3) is 0 Å². The van der Waals surface area contributed by atoms with Crippen molar-refractivity contribution in [2.75, 3.05) is 0 Å². The van der Waals surface area contributed by atoms with Crippen LogP contribution in [-0.4, -0.2) is 29.4 Å². The lowest BCUT2D eigenvalue weighted by molar-refractivity contribution is -0.235. The Labute approximate surface area is 224 Å². The summed E-state index contributed by atoms with van der Waals surface area (Å²) in [6, 6.07) is 23.9. The van der Waals surface area contributed by atoms with Crippen LogP contribution in [0.4, 0.5) is 0 Å². The molecule has 1 fully saturated rings. The van der Waals surface area contributed by atoms with Gasteiger partial charge >= 0.3 is 5.97 Å². The van der Waals surface area contributed by atoms with Crippen molar-refractivity contribution in [3.05, 3.63) is 106 Å². The Morgan fingerprint density at radius 2 is 1.51 bits per heavy atom. The van der Waals surface area contributed by atoms with Crippen LogP contribution in [0.15, 0.2) is 72.8 Å². The van der Waals surface area contributed by atoms with Gasteiger partial charge in [-0.2, -0.15) is 0 Å². The molecule has 0 bridgehead atoms. The topological polar surface area (TPSA) is 65.0 Å². The third kappa shape index (κ3) is 6.79. The molecule has 196 valence electrons. The average molecular weight is 523 g/mol. The number of hydrogen-bond acceptors (Lipinski definition) is 4. The minimum Gasteiger partial charge on any atom is -0.481 e. The van der Waals surface area contributed by atoms with Gasteiger partial charge in [0.2, 0.25) is 0 Å². The molecule has 3 aromatic carbocycles. The number of hydrogen-bond donors (Lipinski definition) is 1. The van der Waals surface area contributed by atoms with Gasteiger partial charge in [-0.25, -0.2) is 0 Å². The highest BCUT2D eigenvalue weighted by Crippen LogP contribution is 2.42. The molecule has 0 aromatic heterocycles. The summed E-state index contributed by atoms with van der Waals surface area (Å²) in [5.41, 5.74) is 4.54. The van der Waals surface area contributed by atoms with Gasteiger partial charge in [-0.3, -0.25) is 4.79 Å². The molecule has 1 heterocycles. The SMILES string of the molecule is CC[C@H]1O[C@@H](c2cc(CC(=O)O)c(Cl)cc2C)[C@H](OCc2ccccc2)[C@@H](OCc2ccccc2)[C@@H]1C. The number of halogens is 1. The lowest BCUT2D eigenvalue weighted by Crippen LogP contribution is -2.52. The predicted octanol–water partition coefficient (Wildman–Crippen LogP) is 6.93. The van der Waals surface area contributed by atoms with E-state index in [9.17, 15) is 9.90 Å². The quantitative estimate of drug-likeness (QED) is 0.312. The molecule has 1 aliphatic rings. The van der Waals surface area contributed by atoms with E-state index >= 15 is 0 Å². The maximum Gasteiger partial charge on any atom is 0.307 e. The van der Waals surface area contributed by atoms with E-state index in [1.54, 1.807) is 0 Å². The highest BCUT2D eigenvalue weighted by atomic mass is 35.5. The van der Waals surface area contributed by atoms with Gasteiger partial charge in [-0.1, -0.05) is 92.2 Å². The van der Waals surface area contributed by atoms with E-state index in [1.165, 1.54) is 0 Å². The van der Waals surface area contributed by atoms with E-state index in [-0.39, 0.29) is 24.5 Å². The van der Waals surface area contributed by atoms with Gasteiger partial charge in [0.1, 0.15) is 12.2 Å². The molecule has 37 heavy (non-hydrogen) atoms. The molecule has 0 amide bonds. The molecule has 1 saturated heterocycles. The fourth-order valence-corrected chi connectivity index (χ4v) is 5.38. The van der Waals surface area contributed by atoms with Gasteiger partial charge < -0.3 is 19.3 Å². The Morgan fingerprint density at radius 3 is 2.05 bits per heavy atom. The molecular weight excluding hydrogens is 488 g/mol. The first-order valence-electron chi connectivity index (χ1n) is 12.8. The zero-order chi connectivity index (χ0) is 26.4. The summed E-state index contributed by atoms with van der Waals surface area (Å²) in [7, 11) is 0. The molecule has 1 N–H and O–H groups in total. The molecule has 0 radical (unpaired) electrons. The number of aryl methyl sites for hydroxylation is 1. The van der Waals surface area contributed by atoms with Gasteiger partial charge in [0.15, 0.2) is 0 Å². The highest BCUT2D eigenvalue weighted by Gasteiger charge is 2.46. The normalized spacial score (nSPS) is 23.6. The van der Waals surface area contributed by atoms with Crippen LogP contribution in [0.2, 0.25) is 5.02 Å². The van der Waals surface area contributed by atoms with E-state index < -0.39 is 18.2 Å². The van der Waals surface area contributed by atoms with Crippen LogP contribution in [-0.2, 0) is 38.6 Å². The van der Waals surface area contributed by atoms with E-state index in [0.717, 1.165) is 28.7 Å². The molecule has 5 nitrogen and oxygen atoms in total. The Kier molecular flexibility index (Phi) is 9.38. The number of carbonyl (C=O) groups is 1. The summed E-state index contributed by atoms with van der Waals surface area (Å²) in [5, 5.41) is 9.87. The van der Waals surface area contributed by atoms with Crippen molar-refractivity contribution in [3.8, 4) is 0 Å². The van der Waals surface area contributed by atoms with Crippen LogP contribution in [0.3, 0.4) is 0 Å². The minimum atomic E-state index is -0.928. The summed E-state index contributed by atoms with van der Waals surface area (Å²) < 4.78 is 19.9. The van der Waals surface area contributed by atoms with Crippen molar-refractivity contribution in [2.45, 2.75) is 71.2 Å². The number of ether oxygens (including phenoxy) is 3. The molecule has 0 unspecified atom stereocenters. The van der Waals surface area contributed by atoms with Crippen LogP contribution >= 0.6 is 11.6 Å². The molecular formula is C31H35ClO5. The van der Waals surface area contributed by atoms with Crippen molar-refractivity contribution in [3.63, 3.8) is 0 Å². The lowest BCUT2D eigenvalue weighted by atomic mass is 9.83. The molecule has 1 aliphatic heterocycles. The predicted molar refractivity (Wildman–Crippen MR) is 145 cm³/mol. The summed E-state index contributed by atoms with van der Waals surface area (Å²) in [6.45, 7) is 7.12. The highest BCUT2D eigenvalue weighted by molar-refractivity contribution is 6.31. The molecule has 0 saturated carbocycles. The van der Waals surface area contributed by atoms with Crippen molar-refractivity contribution >= 4 is 17.6 Å². The summed E-state index contributed by atoms with van der Waals surface area (Å²) in [5.74, 6) is -0.834. The second-order valence-corrected chi connectivity index (χ2v) is 10.2. The third-order valence-electron chi connectivity index (χ3n) is 7.10. The van der Waals surface area contributed by atoms with Crippen molar-refractivity contribution < 1.29 is 24.1 Å². The monoisotopic (exact) mass is 522 g/mol. The van der Waals surface area contributed by atoms with Crippen LogP contribution in [0, 0.1) is 12.8 Å². The van der Waals surface area contributed by atoms with Crippen LogP contribution in [0.1, 0.15) is 54.2 Å². The minimum absolute atomic E-state index is 0.0413. The second kappa shape index (κ2) is 12.7. The Morgan fingerprint density at radius 1 is 0.946 bits per heavy atom. The van der Waals surface area contributed by atoms with Crippen molar-refractivity contribution in [1.29, 1.82) is 0 Å². The van der Waals surface area contributed by atoms with Gasteiger partial charge in [0.25, 0.3) is 0 Å². The number of benzene rings is 3. The number of carboxylic acid groups (broad SMARTS) is 1. The van der Waals surface area contributed by atoms with Gasteiger partial charge in [-0.15, -0.1) is 0 Å². The zero-order valence-corrected chi connectivity index (χ0v) is 22.4. The van der Waals surface area contributed by atoms with E-state index in [1.807, 2.05) is 67.6 Å². The zero-order valence-electron chi connectivity index (χ0n) is 21.6. The number of rotatable bonds is 10. The van der Waals surface area contributed by atoms with Crippen LogP contribution in [0.5, 0.6) is 0 Å². The third-order valence-corrected chi connectivity index (χ3v) is 7.46. The summed E-state index contributed by atoms with van der Waals surface area (Å²) >= 11 is 6.43. The fraction of sp³-hybridized carbons (Fsp3) is 0.387. The second-order valence-electron chi connectivity index (χ2n) is 9.76. The number of aliphatic carboxylic acids is 1. The largest absolute Gasteiger partial charge is 0.481 e. The fourth-order valence-electron chi connectivity index (χ4n) is 5.09. The maximum atomic E-state index is 11.5. The number of carboxylic acids is 1. The molecule has 6 heteroatoms. The smallest absolute Gasteiger partial charge is 0.307 e. The molecule has 0 spiro atoms. The molecule has 3 aromatic rings. The maximum absolute atomic E-state index is 11.5. The summed E-state index contributed by atoms with van der Waals surface area (Å²) in [6.07, 6.45) is -0.445. The standard InChI is InChI=1S/C31H35ClO5/c1-4-27-21(3)29(35-18-22-11-7-5-8-12-22)31(36-19-23-13-9-6-10-14-23)30(37-27)25-16-24(17-28(33)34)26(32)15-20(25)2/h5-16,21,27,29-31H,4,17-19H2,1-3H3,(H,33,34)/t21-,27-,29+,30+,31-/m1/s1. The lowest BCUT2D eigenvalue weighted by Gasteiger charge is -2.46. The molecule has 4 rings (SSSR count). The van der Waals surface area contributed by atoms with Crippen molar-refractivity contribution in [2.24, 2.45) is 5.92 Å². The Bertz CT molecular complexity index is 1170. The van der Waals surface area contributed by atoms with Crippen LogP contribution < -0.4 is 0 Å². The first-order valence-corrected chi connectivity index (χ1v) is 13.2. The van der Waals surface area contributed by atoms with Gasteiger partial charge in [-0.05, 0) is 47.2 Å². The Hall–Kier alpha value is -2.70. The molecule has 5 atom stereocenters. The first-order chi connectivity index (χ1) is 17.9. The Balaban J connectivity index is 1.71. The average Bonchev–Trinajstić information content (AvgIpc) is 2.89. The van der Waals surface area contributed by atoms with Gasteiger partial charge in [0, 0.05) is 10.9 Å². The van der Waals surface area contributed by atoms with Crippen molar-refractivity contribution in [1.82, 2.24) is 0 Å². The summed E-state index contributed by atoms with van der Waals surface area (Å²) in [4.78, 5) is 11.5. The first kappa shape index (κ1) is 27.3. The van der Waals surface area contributed by atoms with Gasteiger partial charge in [0.05, 0.1) is 31.8 Å². The van der Waals surface area contributed by atoms with E-state index in [2.05, 4.69) is 26.0 Å². The van der Waals surface area contributed by atoms with E-state index in [4.69, 9.17) is 25.8 Å².